The van der Waals surface area contributed by atoms with E-state index in [1.807, 2.05) is 0 Å². The molecule has 30 heavy (non-hydrogen) atoms. The van der Waals surface area contributed by atoms with E-state index in [0.717, 1.165) is 18.7 Å². The van der Waals surface area contributed by atoms with Crippen molar-refractivity contribution in [3.8, 4) is 16.8 Å². The molecule has 5 aromatic rings. The molecule has 0 aliphatic carbocycles. The van der Waals surface area contributed by atoms with Crippen LogP contribution in [-0.4, -0.2) is 17.7 Å². The largest absolute Gasteiger partial charge is 0.385 e. The Hall–Kier alpha value is -3.56. The molecule has 0 unspecified atom stereocenters. The van der Waals surface area contributed by atoms with Gasteiger partial charge >= 0.3 is 0 Å². The zero-order valence-corrected chi connectivity index (χ0v) is 16.9. The minimum absolute atomic E-state index is 0.705. The molecule has 0 bridgehead atoms. The van der Waals surface area contributed by atoms with E-state index in [1.54, 1.807) is 0 Å². The number of fused-ring (bicyclic) bond motifs is 3. The summed E-state index contributed by atoms with van der Waals surface area (Å²) in [6.07, 6.45) is 0.970. The van der Waals surface area contributed by atoms with E-state index in [2.05, 4.69) is 107 Å². The first kappa shape index (κ1) is 18.5. The second-order valence-electron chi connectivity index (χ2n) is 7.57. The van der Waals surface area contributed by atoms with Crippen LogP contribution in [0.3, 0.4) is 0 Å². The Balaban J connectivity index is 1.53. The minimum atomic E-state index is 0.705. The normalized spacial score (nSPS) is 11.2. The van der Waals surface area contributed by atoms with Gasteiger partial charge in [-0.25, -0.2) is 0 Å². The number of benzene rings is 4. The zero-order valence-electron chi connectivity index (χ0n) is 16.9. The molecule has 1 aromatic heterocycles. The van der Waals surface area contributed by atoms with Gasteiger partial charge in [0.1, 0.15) is 0 Å². The number of anilines is 1. The maximum atomic E-state index is 5.60. The molecular formula is C27H25N3. The third-order valence-electron chi connectivity index (χ3n) is 5.61. The van der Waals surface area contributed by atoms with E-state index >= 15 is 0 Å². The Bertz CT molecular complexity index is 1250. The van der Waals surface area contributed by atoms with Gasteiger partial charge in [0.05, 0.1) is 11.0 Å². The Kier molecular flexibility index (Phi) is 4.96. The highest BCUT2D eigenvalue weighted by Crippen LogP contribution is 2.32. The van der Waals surface area contributed by atoms with E-state index in [-0.39, 0.29) is 0 Å². The molecule has 0 radical (unpaired) electrons. The van der Waals surface area contributed by atoms with Crippen LogP contribution in [0.1, 0.15) is 6.42 Å². The van der Waals surface area contributed by atoms with Crippen molar-refractivity contribution in [1.29, 1.82) is 0 Å². The van der Waals surface area contributed by atoms with Gasteiger partial charge in [-0.3, -0.25) is 0 Å². The summed E-state index contributed by atoms with van der Waals surface area (Å²) >= 11 is 0. The second kappa shape index (κ2) is 8.05. The van der Waals surface area contributed by atoms with Crippen LogP contribution in [0.2, 0.25) is 0 Å². The molecule has 0 amide bonds. The minimum Gasteiger partial charge on any atom is -0.385 e. The summed E-state index contributed by atoms with van der Waals surface area (Å²) in [5, 5.41) is 6.02. The number of hydrogen-bond acceptors (Lipinski definition) is 2. The predicted octanol–water partition coefficient (Wildman–Crippen LogP) is 6.21. The maximum Gasteiger partial charge on any atom is 0.0541 e. The number of nitrogens with zero attached hydrogens (tertiary/aromatic N) is 1. The first-order valence-corrected chi connectivity index (χ1v) is 10.5. The van der Waals surface area contributed by atoms with E-state index < -0.39 is 0 Å². The molecule has 148 valence electrons. The van der Waals surface area contributed by atoms with Crippen molar-refractivity contribution in [3.63, 3.8) is 0 Å². The number of hydrogen-bond donors (Lipinski definition) is 2. The number of nitrogens with one attached hydrogen (secondary N) is 1. The lowest BCUT2D eigenvalue weighted by Gasteiger charge is -2.11. The standard InChI is InChI=1S/C27H25N3/c28-17-6-18-29-22-8-5-7-21(19-22)20-13-15-23(16-14-20)30-26-11-3-1-9-24(26)25-10-2-4-12-27(25)30/h1-5,7-16,19,29H,6,17-18,28H2. The van der Waals surface area contributed by atoms with Crippen molar-refractivity contribution >= 4 is 27.5 Å². The summed E-state index contributed by atoms with van der Waals surface area (Å²) in [6.45, 7) is 1.60. The Labute approximate surface area is 176 Å². The molecule has 1 heterocycles. The smallest absolute Gasteiger partial charge is 0.0541 e. The van der Waals surface area contributed by atoms with Gasteiger partial charge in [0, 0.05) is 28.7 Å². The molecule has 0 aliphatic heterocycles. The van der Waals surface area contributed by atoms with Crippen molar-refractivity contribution in [2.75, 3.05) is 18.4 Å². The number of aromatic nitrogens is 1. The molecule has 3 nitrogen and oxygen atoms in total. The molecule has 0 saturated carbocycles. The fourth-order valence-corrected chi connectivity index (χ4v) is 4.15. The second-order valence-corrected chi connectivity index (χ2v) is 7.57. The molecule has 0 fully saturated rings. The van der Waals surface area contributed by atoms with Crippen molar-refractivity contribution in [3.05, 3.63) is 97.1 Å². The highest BCUT2D eigenvalue weighted by molar-refractivity contribution is 6.09. The summed E-state index contributed by atoms with van der Waals surface area (Å²) in [7, 11) is 0. The molecule has 3 heteroatoms. The van der Waals surface area contributed by atoms with Gasteiger partial charge in [-0.05, 0) is 60.5 Å². The number of para-hydroxylation sites is 2. The summed E-state index contributed by atoms with van der Waals surface area (Å²) < 4.78 is 2.35. The van der Waals surface area contributed by atoms with Gasteiger partial charge in [-0.15, -0.1) is 0 Å². The monoisotopic (exact) mass is 391 g/mol. The SMILES string of the molecule is NCCCNc1cccc(-c2ccc(-n3c4ccccc4c4ccccc43)cc2)c1. The molecule has 0 atom stereocenters. The van der Waals surface area contributed by atoms with Crippen LogP contribution < -0.4 is 11.1 Å². The Morgan fingerprint density at radius 3 is 2.00 bits per heavy atom. The third-order valence-corrected chi connectivity index (χ3v) is 5.61. The summed E-state index contributed by atoms with van der Waals surface area (Å²) in [5.41, 5.74) is 12.8. The van der Waals surface area contributed by atoms with Gasteiger partial charge in [-0.1, -0.05) is 60.7 Å². The van der Waals surface area contributed by atoms with Gasteiger partial charge < -0.3 is 15.6 Å². The first-order valence-electron chi connectivity index (χ1n) is 10.5. The van der Waals surface area contributed by atoms with E-state index in [9.17, 15) is 0 Å². The van der Waals surface area contributed by atoms with E-state index in [0.29, 0.717) is 6.54 Å². The van der Waals surface area contributed by atoms with Crippen molar-refractivity contribution < 1.29 is 0 Å². The molecule has 0 spiro atoms. The molecule has 0 saturated heterocycles. The van der Waals surface area contributed by atoms with Gasteiger partial charge in [0.2, 0.25) is 0 Å². The molecular weight excluding hydrogens is 366 g/mol. The van der Waals surface area contributed by atoms with Gasteiger partial charge in [0.15, 0.2) is 0 Å². The topological polar surface area (TPSA) is 43.0 Å². The Morgan fingerprint density at radius 1 is 0.667 bits per heavy atom. The average Bonchev–Trinajstić information content (AvgIpc) is 3.14. The Morgan fingerprint density at radius 2 is 1.33 bits per heavy atom. The average molecular weight is 392 g/mol. The van der Waals surface area contributed by atoms with Crippen LogP contribution in [0, 0.1) is 0 Å². The summed E-state index contributed by atoms with van der Waals surface area (Å²) in [5.74, 6) is 0. The number of nitrogens with two attached hydrogens (primary N) is 1. The van der Waals surface area contributed by atoms with E-state index in [4.69, 9.17) is 5.73 Å². The molecule has 3 N–H and O–H groups in total. The fraction of sp³-hybridized carbons (Fsp3) is 0.111. The maximum absolute atomic E-state index is 5.60. The van der Waals surface area contributed by atoms with Crippen LogP contribution >= 0.6 is 0 Å². The lowest BCUT2D eigenvalue weighted by atomic mass is 10.0. The van der Waals surface area contributed by atoms with Crippen molar-refractivity contribution in [2.45, 2.75) is 6.42 Å². The van der Waals surface area contributed by atoms with Gasteiger partial charge in [-0.2, -0.15) is 0 Å². The van der Waals surface area contributed by atoms with Gasteiger partial charge in [0.25, 0.3) is 0 Å². The lowest BCUT2D eigenvalue weighted by Crippen LogP contribution is -2.08. The molecule has 4 aromatic carbocycles. The molecule has 0 aliphatic rings. The van der Waals surface area contributed by atoms with E-state index in [1.165, 1.54) is 38.6 Å². The lowest BCUT2D eigenvalue weighted by molar-refractivity contribution is 0.874. The summed E-state index contributed by atoms with van der Waals surface area (Å²) in [4.78, 5) is 0. The molecule has 5 rings (SSSR count). The van der Waals surface area contributed by atoms with Crippen molar-refractivity contribution in [1.82, 2.24) is 4.57 Å². The fourth-order valence-electron chi connectivity index (χ4n) is 4.15. The highest BCUT2D eigenvalue weighted by Gasteiger charge is 2.11. The van der Waals surface area contributed by atoms with Crippen LogP contribution in [0.25, 0.3) is 38.6 Å². The van der Waals surface area contributed by atoms with Crippen LogP contribution in [0.4, 0.5) is 5.69 Å². The predicted molar refractivity (Wildman–Crippen MR) is 128 cm³/mol. The van der Waals surface area contributed by atoms with Crippen molar-refractivity contribution in [2.24, 2.45) is 5.73 Å². The van der Waals surface area contributed by atoms with Crippen LogP contribution in [0.15, 0.2) is 97.1 Å². The third kappa shape index (κ3) is 3.34. The summed E-state index contributed by atoms with van der Waals surface area (Å²) in [6, 6.07) is 34.6. The quantitative estimate of drug-likeness (QED) is 0.338. The van der Waals surface area contributed by atoms with Crippen LogP contribution in [0.5, 0.6) is 0 Å². The van der Waals surface area contributed by atoms with Crippen LogP contribution in [-0.2, 0) is 0 Å². The first-order chi connectivity index (χ1) is 14.8. The number of rotatable bonds is 6. The zero-order chi connectivity index (χ0) is 20.3. The highest BCUT2D eigenvalue weighted by atomic mass is 15.0.